The predicted octanol–water partition coefficient (Wildman–Crippen LogP) is 3.00. The molecular formula is C17H17BrFN3O2. The van der Waals surface area contributed by atoms with Gasteiger partial charge in [-0.05, 0) is 45.8 Å². The first-order valence-electron chi connectivity index (χ1n) is 7.64. The number of halogens is 2. The zero-order valence-electron chi connectivity index (χ0n) is 13.0. The Morgan fingerprint density at radius 1 is 1.29 bits per heavy atom. The number of amides is 1. The maximum Gasteiger partial charge on any atom is 0.229 e. The first kappa shape index (κ1) is 16.9. The largest absolute Gasteiger partial charge is 0.378 e. The number of hydrogen-bond donors (Lipinski definition) is 1. The summed E-state index contributed by atoms with van der Waals surface area (Å²) in [5.74, 6) is -0.0437. The molecule has 1 fully saturated rings. The molecule has 0 spiro atoms. The Bertz CT molecular complexity index is 718. The van der Waals surface area contributed by atoms with E-state index in [1.165, 1.54) is 6.07 Å². The van der Waals surface area contributed by atoms with Crippen molar-refractivity contribution in [3.05, 3.63) is 52.4 Å². The van der Waals surface area contributed by atoms with Gasteiger partial charge < -0.3 is 15.0 Å². The van der Waals surface area contributed by atoms with Gasteiger partial charge >= 0.3 is 0 Å². The molecule has 1 N–H and O–H groups in total. The number of pyridine rings is 1. The number of carbonyl (C=O) groups is 1. The topological polar surface area (TPSA) is 54.5 Å². The molecule has 126 valence electrons. The molecule has 5 nitrogen and oxygen atoms in total. The minimum atomic E-state index is -0.348. The average Bonchev–Trinajstić information content (AvgIpc) is 2.59. The van der Waals surface area contributed by atoms with Gasteiger partial charge in [0.05, 0.1) is 36.0 Å². The van der Waals surface area contributed by atoms with Gasteiger partial charge in [0, 0.05) is 13.1 Å². The number of rotatable bonds is 4. The van der Waals surface area contributed by atoms with Gasteiger partial charge in [-0.15, -0.1) is 0 Å². The van der Waals surface area contributed by atoms with Crippen molar-refractivity contribution in [2.24, 2.45) is 0 Å². The Hall–Kier alpha value is -1.99. The van der Waals surface area contributed by atoms with Gasteiger partial charge in [0.1, 0.15) is 11.6 Å². The number of nitrogens with one attached hydrogen (secondary N) is 1. The van der Waals surface area contributed by atoms with Crippen LogP contribution in [-0.4, -0.2) is 37.2 Å². The highest BCUT2D eigenvalue weighted by Gasteiger charge is 2.12. The third-order valence-corrected chi connectivity index (χ3v) is 4.35. The van der Waals surface area contributed by atoms with Crippen LogP contribution in [0, 0.1) is 5.82 Å². The van der Waals surface area contributed by atoms with Crippen molar-refractivity contribution in [1.29, 1.82) is 0 Å². The smallest absolute Gasteiger partial charge is 0.229 e. The molecule has 0 radical (unpaired) electrons. The van der Waals surface area contributed by atoms with Crippen LogP contribution < -0.4 is 10.2 Å². The number of carbonyl (C=O) groups excluding carboxylic acids is 1. The number of aromatic nitrogens is 1. The second kappa shape index (κ2) is 7.72. The SMILES string of the molecule is O=C(Cc1ccc(F)c(Br)c1)Nc1ccc(N2CCOCC2)cn1. The van der Waals surface area contributed by atoms with E-state index in [1.807, 2.05) is 6.07 Å². The quantitative estimate of drug-likeness (QED) is 0.867. The van der Waals surface area contributed by atoms with Crippen molar-refractivity contribution in [2.75, 3.05) is 36.5 Å². The molecule has 24 heavy (non-hydrogen) atoms. The summed E-state index contributed by atoms with van der Waals surface area (Å²) in [6.45, 7) is 3.11. The van der Waals surface area contributed by atoms with Gasteiger partial charge in [0.2, 0.25) is 5.91 Å². The van der Waals surface area contributed by atoms with Crippen LogP contribution in [-0.2, 0) is 16.0 Å². The highest BCUT2D eigenvalue weighted by Crippen LogP contribution is 2.18. The zero-order valence-corrected chi connectivity index (χ0v) is 14.6. The van der Waals surface area contributed by atoms with Gasteiger partial charge in [-0.1, -0.05) is 6.07 Å². The molecule has 7 heteroatoms. The van der Waals surface area contributed by atoms with E-state index < -0.39 is 0 Å². The monoisotopic (exact) mass is 393 g/mol. The highest BCUT2D eigenvalue weighted by molar-refractivity contribution is 9.10. The van der Waals surface area contributed by atoms with Gasteiger partial charge in [0.15, 0.2) is 0 Å². The summed E-state index contributed by atoms with van der Waals surface area (Å²) in [6, 6.07) is 8.24. The van der Waals surface area contributed by atoms with Crippen molar-refractivity contribution < 1.29 is 13.9 Å². The van der Waals surface area contributed by atoms with E-state index >= 15 is 0 Å². The lowest BCUT2D eigenvalue weighted by Crippen LogP contribution is -2.36. The summed E-state index contributed by atoms with van der Waals surface area (Å²) in [5.41, 5.74) is 1.74. The third kappa shape index (κ3) is 4.30. The van der Waals surface area contributed by atoms with E-state index in [0.29, 0.717) is 23.5 Å². The van der Waals surface area contributed by atoms with Crippen LogP contribution in [0.15, 0.2) is 41.0 Å². The van der Waals surface area contributed by atoms with Crippen LogP contribution in [0.1, 0.15) is 5.56 Å². The fraction of sp³-hybridized carbons (Fsp3) is 0.294. The van der Waals surface area contributed by atoms with Crippen LogP contribution in [0.3, 0.4) is 0 Å². The molecule has 1 amide bonds. The Kier molecular flexibility index (Phi) is 5.42. The number of morpholine rings is 1. The molecule has 1 aromatic heterocycles. The van der Waals surface area contributed by atoms with E-state index in [4.69, 9.17) is 4.74 Å². The molecule has 1 aliphatic rings. The van der Waals surface area contributed by atoms with Crippen LogP contribution in [0.5, 0.6) is 0 Å². The van der Waals surface area contributed by atoms with Gasteiger partial charge in [0.25, 0.3) is 0 Å². The van der Waals surface area contributed by atoms with E-state index in [2.05, 4.69) is 31.1 Å². The van der Waals surface area contributed by atoms with Crippen molar-refractivity contribution in [1.82, 2.24) is 4.98 Å². The maximum absolute atomic E-state index is 13.2. The van der Waals surface area contributed by atoms with Gasteiger partial charge in [-0.25, -0.2) is 9.37 Å². The second-order valence-corrected chi connectivity index (χ2v) is 6.33. The first-order valence-corrected chi connectivity index (χ1v) is 8.43. The van der Waals surface area contributed by atoms with Crippen LogP contribution in [0.25, 0.3) is 0 Å². The molecule has 1 aromatic carbocycles. The predicted molar refractivity (Wildman–Crippen MR) is 93.7 cm³/mol. The summed E-state index contributed by atoms with van der Waals surface area (Å²) in [5, 5.41) is 2.75. The van der Waals surface area contributed by atoms with E-state index in [1.54, 1.807) is 24.4 Å². The van der Waals surface area contributed by atoms with Crippen molar-refractivity contribution in [3.8, 4) is 0 Å². The fourth-order valence-electron chi connectivity index (χ4n) is 2.49. The number of ether oxygens (including phenoxy) is 1. The number of hydrogen-bond acceptors (Lipinski definition) is 4. The highest BCUT2D eigenvalue weighted by atomic mass is 79.9. The molecular weight excluding hydrogens is 377 g/mol. The molecule has 2 aromatic rings. The molecule has 0 unspecified atom stereocenters. The van der Waals surface area contributed by atoms with Crippen molar-refractivity contribution in [2.45, 2.75) is 6.42 Å². The first-order chi connectivity index (χ1) is 11.6. The van der Waals surface area contributed by atoms with Crippen molar-refractivity contribution in [3.63, 3.8) is 0 Å². The molecule has 0 aliphatic carbocycles. The summed E-state index contributed by atoms with van der Waals surface area (Å²) >= 11 is 3.12. The second-order valence-electron chi connectivity index (χ2n) is 5.47. The van der Waals surface area contributed by atoms with Crippen LogP contribution >= 0.6 is 15.9 Å². The Morgan fingerprint density at radius 3 is 2.75 bits per heavy atom. The van der Waals surface area contributed by atoms with E-state index in [-0.39, 0.29) is 18.1 Å². The third-order valence-electron chi connectivity index (χ3n) is 3.74. The lowest BCUT2D eigenvalue weighted by atomic mass is 10.1. The Balaban J connectivity index is 1.58. The van der Waals surface area contributed by atoms with Crippen LogP contribution in [0.2, 0.25) is 0 Å². The molecule has 0 saturated carbocycles. The number of nitrogens with zero attached hydrogens (tertiary/aromatic N) is 2. The standard InChI is InChI=1S/C17H17BrFN3O2/c18-14-9-12(1-3-15(14)19)10-17(23)21-16-4-2-13(11-20-16)22-5-7-24-8-6-22/h1-4,9,11H,5-8,10H2,(H,20,21,23). The van der Waals surface area contributed by atoms with E-state index in [9.17, 15) is 9.18 Å². The molecule has 2 heterocycles. The Morgan fingerprint density at radius 2 is 2.08 bits per heavy atom. The molecule has 1 aliphatic heterocycles. The zero-order chi connectivity index (χ0) is 16.9. The molecule has 1 saturated heterocycles. The minimum absolute atomic E-state index is 0.159. The average molecular weight is 394 g/mol. The Labute approximate surface area is 148 Å². The maximum atomic E-state index is 13.2. The molecule has 0 bridgehead atoms. The van der Waals surface area contributed by atoms with Gasteiger partial charge in [-0.2, -0.15) is 0 Å². The lowest BCUT2D eigenvalue weighted by molar-refractivity contribution is -0.115. The summed E-state index contributed by atoms with van der Waals surface area (Å²) in [4.78, 5) is 18.6. The number of anilines is 2. The van der Waals surface area contributed by atoms with Crippen LogP contribution in [0.4, 0.5) is 15.9 Å². The molecule has 3 rings (SSSR count). The number of benzene rings is 1. The van der Waals surface area contributed by atoms with E-state index in [0.717, 1.165) is 24.3 Å². The summed E-state index contributed by atoms with van der Waals surface area (Å²) in [7, 11) is 0. The van der Waals surface area contributed by atoms with Gasteiger partial charge in [-0.3, -0.25) is 4.79 Å². The fourth-order valence-corrected chi connectivity index (χ4v) is 2.92. The van der Waals surface area contributed by atoms with Crippen molar-refractivity contribution >= 4 is 33.3 Å². The summed E-state index contributed by atoms with van der Waals surface area (Å²) in [6.07, 6.45) is 1.90. The summed E-state index contributed by atoms with van der Waals surface area (Å²) < 4.78 is 18.9. The molecule has 0 atom stereocenters. The minimum Gasteiger partial charge on any atom is -0.378 e. The lowest BCUT2D eigenvalue weighted by Gasteiger charge is -2.28. The normalized spacial score (nSPS) is 14.5.